The number of phenols is 1. The van der Waals surface area contributed by atoms with Crippen molar-refractivity contribution >= 4 is 21.9 Å². The van der Waals surface area contributed by atoms with Gasteiger partial charge >= 0.3 is 0 Å². The molecule has 5 heteroatoms. The Kier molecular flexibility index (Phi) is 3.86. The molecule has 126 valence electrons. The number of hydrogen-bond donors (Lipinski definition) is 1. The van der Waals surface area contributed by atoms with E-state index in [-0.39, 0.29) is 5.75 Å². The van der Waals surface area contributed by atoms with Crippen LogP contribution < -0.4 is 0 Å². The first kappa shape index (κ1) is 15.6. The van der Waals surface area contributed by atoms with Gasteiger partial charge in [-0.2, -0.15) is 0 Å². The first-order valence-corrected chi connectivity index (χ1v) is 8.28. The average molecular weight is 332 g/mol. The lowest BCUT2D eigenvalue weighted by atomic mass is 10.2. The van der Waals surface area contributed by atoms with E-state index in [4.69, 9.17) is 4.98 Å². The van der Waals surface area contributed by atoms with E-state index in [1.807, 2.05) is 49.5 Å². The molecule has 0 saturated heterocycles. The van der Waals surface area contributed by atoms with E-state index in [9.17, 15) is 5.11 Å². The van der Waals surface area contributed by atoms with Crippen molar-refractivity contribution in [2.75, 3.05) is 7.05 Å². The zero-order valence-electron chi connectivity index (χ0n) is 14.3. The highest BCUT2D eigenvalue weighted by Crippen LogP contribution is 2.23. The maximum Gasteiger partial charge on any atom is 0.141 e. The Bertz CT molecular complexity index is 1050. The molecule has 0 bridgehead atoms. The molecule has 0 aliphatic carbocycles. The van der Waals surface area contributed by atoms with Crippen LogP contribution in [0.15, 0.2) is 54.6 Å². The topological polar surface area (TPSA) is 54.2 Å². The van der Waals surface area contributed by atoms with Gasteiger partial charge < -0.3 is 9.67 Å². The quantitative estimate of drug-likeness (QED) is 0.622. The van der Waals surface area contributed by atoms with Crippen molar-refractivity contribution in [3.05, 3.63) is 66.1 Å². The van der Waals surface area contributed by atoms with Crippen molar-refractivity contribution in [2.45, 2.75) is 13.1 Å². The van der Waals surface area contributed by atoms with Gasteiger partial charge in [-0.25, -0.2) is 9.97 Å². The third kappa shape index (κ3) is 2.94. The number of pyridine rings is 1. The molecule has 4 rings (SSSR count). The number of rotatable bonds is 4. The number of aromatic nitrogens is 3. The van der Waals surface area contributed by atoms with Gasteiger partial charge in [-0.15, -0.1) is 0 Å². The van der Waals surface area contributed by atoms with Crippen LogP contribution in [-0.4, -0.2) is 31.6 Å². The summed E-state index contributed by atoms with van der Waals surface area (Å²) in [6, 6.07) is 17.6. The van der Waals surface area contributed by atoms with Crippen LogP contribution in [0.3, 0.4) is 0 Å². The Morgan fingerprint density at radius 3 is 2.64 bits per heavy atom. The molecule has 0 amide bonds. The molecular weight excluding hydrogens is 312 g/mol. The molecule has 2 heterocycles. The summed E-state index contributed by atoms with van der Waals surface area (Å²) in [6.45, 7) is 1.42. The summed E-state index contributed by atoms with van der Waals surface area (Å²) in [5.41, 5.74) is 3.73. The summed E-state index contributed by atoms with van der Waals surface area (Å²) in [4.78, 5) is 11.5. The Morgan fingerprint density at radius 2 is 1.80 bits per heavy atom. The lowest BCUT2D eigenvalue weighted by molar-refractivity contribution is 0.304. The van der Waals surface area contributed by atoms with Crippen LogP contribution in [0.5, 0.6) is 5.75 Å². The fourth-order valence-corrected chi connectivity index (χ4v) is 3.17. The summed E-state index contributed by atoms with van der Waals surface area (Å²) in [5.74, 6) is 1.24. The first-order valence-electron chi connectivity index (χ1n) is 8.28. The third-order valence-corrected chi connectivity index (χ3v) is 4.48. The lowest BCUT2D eigenvalue weighted by Gasteiger charge is -2.16. The molecule has 0 radical (unpaired) electrons. The van der Waals surface area contributed by atoms with Crippen molar-refractivity contribution in [1.29, 1.82) is 0 Å². The number of aromatic hydroxyl groups is 1. The first-order chi connectivity index (χ1) is 12.1. The Labute approximate surface area is 146 Å². The average Bonchev–Trinajstić information content (AvgIpc) is 2.92. The van der Waals surface area contributed by atoms with Gasteiger partial charge in [0, 0.05) is 19.0 Å². The minimum Gasteiger partial charge on any atom is -0.506 e. The van der Waals surface area contributed by atoms with Gasteiger partial charge in [-0.05, 0) is 31.3 Å². The van der Waals surface area contributed by atoms with Crippen LogP contribution in [0.25, 0.3) is 21.9 Å². The molecule has 5 nitrogen and oxygen atoms in total. The molecule has 0 unspecified atom stereocenters. The van der Waals surface area contributed by atoms with E-state index in [0.717, 1.165) is 34.5 Å². The van der Waals surface area contributed by atoms with Crippen LogP contribution >= 0.6 is 0 Å². The van der Waals surface area contributed by atoms with Gasteiger partial charge in [0.15, 0.2) is 0 Å². The number of phenolic OH excluding ortho intramolecular Hbond substituents is 1. The molecule has 0 aliphatic heterocycles. The van der Waals surface area contributed by atoms with E-state index >= 15 is 0 Å². The number of imidazole rings is 1. The minimum atomic E-state index is 0.220. The van der Waals surface area contributed by atoms with Gasteiger partial charge in [0.25, 0.3) is 0 Å². The minimum absolute atomic E-state index is 0.220. The molecule has 0 aliphatic rings. The molecule has 0 saturated carbocycles. The van der Waals surface area contributed by atoms with Crippen LogP contribution in [0, 0.1) is 0 Å². The lowest BCUT2D eigenvalue weighted by Crippen LogP contribution is -2.20. The van der Waals surface area contributed by atoms with Gasteiger partial charge in [0.2, 0.25) is 0 Å². The molecule has 2 aromatic carbocycles. The molecular formula is C20H20N4O. The summed E-state index contributed by atoms with van der Waals surface area (Å²) in [5, 5.41) is 10.9. The highest BCUT2D eigenvalue weighted by atomic mass is 16.3. The second-order valence-electron chi connectivity index (χ2n) is 6.40. The Balaban J connectivity index is 1.56. The summed E-state index contributed by atoms with van der Waals surface area (Å²) < 4.78 is 2.13. The van der Waals surface area contributed by atoms with Crippen molar-refractivity contribution in [3.8, 4) is 5.75 Å². The van der Waals surface area contributed by atoms with Gasteiger partial charge in [-0.3, -0.25) is 4.90 Å². The molecule has 2 aromatic heterocycles. The predicted octanol–water partition coefficient (Wildman–Crippen LogP) is 3.46. The van der Waals surface area contributed by atoms with Gasteiger partial charge in [0.05, 0.1) is 23.3 Å². The Morgan fingerprint density at radius 1 is 0.960 bits per heavy atom. The SMILES string of the molecule is CN(Cc1ccc2cccc(O)c2n1)Cc1nc2ccccc2n1C. The highest BCUT2D eigenvalue weighted by molar-refractivity contribution is 5.84. The zero-order valence-corrected chi connectivity index (χ0v) is 14.3. The van der Waals surface area contributed by atoms with Crippen molar-refractivity contribution in [1.82, 2.24) is 19.4 Å². The normalized spacial score (nSPS) is 11.6. The van der Waals surface area contributed by atoms with E-state index in [0.29, 0.717) is 12.1 Å². The van der Waals surface area contributed by atoms with E-state index in [2.05, 4.69) is 27.6 Å². The van der Waals surface area contributed by atoms with Gasteiger partial charge in [0.1, 0.15) is 17.1 Å². The second kappa shape index (κ2) is 6.18. The number of para-hydroxylation sites is 3. The maximum absolute atomic E-state index is 9.99. The molecule has 0 fully saturated rings. The number of nitrogens with zero attached hydrogens (tertiary/aromatic N) is 4. The second-order valence-corrected chi connectivity index (χ2v) is 6.40. The van der Waals surface area contributed by atoms with Crippen molar-refractivity contribution < 1.29 is 5.11 Å². The maximum atomic E-state index is 9.99. The Hall–Kier alpha value is -2.92. The highest BCUT2D eigenvalue weighted by Gasteiger charge is 2.11. The van der Waals surface area contributed by atoms with Crippen molar-refractivity contribution in [3.63, 3.8) is 0 Å². The smallest absolute Gasteiger partial charge is 0.141 e. The fraction of sp³-hybridized carbons (Fsp3) is 0.200. The van der Waals surface area contributed by atoms with Crippen LogP contribution in [0.2, 0.25) is 0 Å². The monoisotopic (exact) mass is 332 g/mol. The van der Waals surface area contributed by atoms with Crippen LogP contribution in [0.1, 0.15) is 11.5 Å². The predicted molar refractivity (Wildman–Crippen MR) is 99.3 cm³/mol. The van der Waals surface area contributed by atoms with E-state index in [1.165, 1.54) is 0 Å². The zero-order chi connectivity index (χ0) is 17.4. The molecule has 4 aromatic rings. The number of benzene rings is 2. The molecule has 1 N–H and O–H groups in total. The number of fused-ring (bicyclic) bond motifs is 2. The molecule has 25 heavy (non-hydrogen) atoms. The third-order valence-electron chi connectivity index (χ3n) is 4.48. The largest absolute Gasteiger partial charge is 0.506 e. The fourth-order valence-electron chi connectivity index (χ4n) is 3.17. The number of aryl methyl sites for hydroxylation is 1. The summed E-state index contributed by atoms with van der Waals surface area (Å²) in [6.07, 6.45) is 0. The summed E-state index contributed by atoms with van der Waals surface area (Å²) in [7, 11) is 4.10. The van der Waals surface area contributed by atoms with Crippen molar-refractivity contribution in [2.24, 2.45) is 7.05 Å². The van der Waals surface area contributed by atoms with Crippen LogP contribution in [-0.2, 0) is 20.1 Å². The number of hydrogen-bond acceptors (Lipinski definition) is 4. The van der Waals surface area contributed by atoms with Crippen LogP contribution in [0.4, 0.5) is 0 Å². The standard InChI is InChI=1S/C20H20N4O/c1-23(13-19-22-16-7-3-4-8-17(16)24(19)2)12-15-11-10-14-6-5-9-18(25)20(14)21-15/h3-11,25H,12-13H2,1-2H3. The summed E-state index contributed by atoms with van der Waals surface area (Å²) >= 11 is 0. The van der Waals surface area contributed by atoms with E-state index < -0.39 is 0 Å². The molecule has 0 atom stereocenters. The molecule has 0 spiro atoms. The van der Waals surface area contributed by atoms with Gasteiger partial charge in [-0.1, -0.05) is 30.3 Å². The van der Waals surface area contributed by atoms with E-state index in [1.54, 1.807) is 6.07 Å².